The molecule has 5 heteroatoms. The number of hydrogen-bond donors (Lipinski definition) is 1. The molecule has 0 aliphatic carbocycles. The molecule has 0 saturated carbocycles. The predicted octanol–water partition coefficient (Wildman–Crippen LogP) is 2.70. The number of nitrogens with one attached hydrogen (secondary N) is 1. The molecule has 3 aromatic rings. The minimum Gasteiger partial charge on any atom is -0.489 e. The maximum Gasteiger partial charge on any atom is 0.220 e. The van der Waals surface area contributed by atoms with E-state index in [0.717, 1.165) is 28.8 Å². The van der Waals surface area contributed by atoms with E-state index >= 15 is 0 Å². The van der Waals surface area contributed by atoms with Crippen LogP contribution in [-0.4, -0.2) is 28.6 Å². The highest BCUT2D eigenvalue weighted by molar-refractivity contribution is 5.84. The lowest BCUT2D eigenvalue weighted by molar-refractivity contribution is -0.121. The normalized spacial score (nSPS) is 10.7. The quantitative estimate of drug-likeness (QED) is 0.680. The Morgan fingerprint density at radius 3 is 2.92 bits per heavy atom. The molecule has 2 aromatic heterocycles. The molecule has 0 bridgehead atoms. The van der Waals surface area contributed by atoms with E-state index in [0.29, 0.717) is 19.6 Å². The second-order valence-corrected chi connectivity index (χ2v) is 5.64. The van der Waals surface area contributed by atoms with Gasteiger partial charge in [0.25, 0.3) is 0 Å². The highest BCUT2D eigenvalue weighted by Crippen LogP contribution is 2.22. The number of aromatic nitrogens is 2. The van der Waals surface area contributed by atoms with E-state index in [1.54, 1.807) is 6.20 Å². The molecule has 1 N–H and O–H groups in total. The third-order valence-electron chi connectivity index (χ3n) is 3.94. The summed E-state index contributed by atoms with van der Waals surface area (Å²) >= 11 is 0. The number of pyridine rings is 1. The van der Waals surface area contributed by atoms with E-state index in [9.17, 15) is 4.79 Å². The summed E-state index contributed by atoms with van der Waals surface area (Å²) in [6.07, 6.45) is 4.96. The van der Waals surface area contributed by atoms with Gasteiger partial charge in [0.1, 0.15) is 17.9 Å². The molecule has 0 aliphatic heterocycles. The van der Waals surface area contributed by atoms with Crippen LogP contribution in [0.2, 0.25) is 0 Å². The monoisotopic (exact) mass is 323 g/mol. The highest BCUT2D eigenvalue weighted by Gasteiger charge is 2.05. The first-order chi connectivity index (χ1) is 11.7. The predicted molar refractivity (Wildman–Crippen MR) is 94.0 cm³/mol. The minimum atomic E-state index is 0.0378. The molecule has 0 atom stereocenters. The molecule has 0 saturated heterocycles. The van der Waals surface area contributed by atoms with Crippen LogP contribution in [0.25, 0.3) is 10.9 Å². The smallest absolute Gasteiger partial charge is 0.220 e. The van der Waals surface area contributed by atoms with Crippen molar-refractivity contribution in [2.24, 2.45) is 7.05 Å². The maximum atomic E-state index is 11.9. The molecule has 0 radical (unpaired) electrons. The van der Waals surface area contributed by atoms with Gasteiger partial charge >= 0.3 is 0 Å². The van der Waals surface area contributed by atoms with Gasteiger partial charge in [-0.25, -0.2) is 0 Å². The van der Waals surface area contributed by atoms with Crippen molar-refractivity contribution in [2.75, 3.05) is 13.2 Å². The zero-order valence-electron chi connectivity index (χ0n) is 13.7. The lowest BCUT2D eigenvalue weighted by atomic mass is 10.2. The van der Waals surface area contributed by atoms with E-state index in [1.165, 1.54) is 0 Å². The lowest BCUT2D eigenvalue weighted by Crippen LogP contribution is -2.28. The van der Waals surface area contributed by atoms with Crippen LogP contribution in [0, 0.1) is 0 Å². The van der Waals surface area contributed by atoms with Gasteiger partial charge in [-0.2, -0.15) is 0 Å². The van der Waals surface area contributed by atoms with Gasteiger partial charge in [0.15, 0.2) is 0 Å². The Morgan fingerprint density at radius 2 is 2.08 bits per heavy atom. The van der Waals surface area contributed by atoms with Gasteiger partial charge in [-0.1, -0.05) is 18.2 Å². The molecule has 2 heterocycles. The Bertz CT molecular complexity index is 821. The second-order valence-electron chi connectivity index (χ2n) is 5.64. The van der Waals surface area contributed by atoms with Crippen molar-refractivity contribution < 1.29 is 9.53 Å². The molecule has 3 rings (SSSR count). The van der Waals surface area contributed by atoms with Crippen molar-refractivity contribution in [2.45, 2.75) is 12.8 Å². The Kier molecular flexibility index (Phi) is 5.11. The summed E-state index contributed by atoms with van der Waals surface area (Å²) in [5.74, 6) is 0.780. The zero-order valence-corrected chi connectivity index (χ0v) is 13.7. The van der Waals surface area contributed by atoms with Gasteiger partial charge in [-0.05, 0) is 30.7 Å². The third-order valence-corrected chi connectivity index (χ3v) is 3.94. The fourth-order valence-electron chi connectivity index (χ4n) is 2.63. The molecule has 24 heavy (non-hydrogen) atoms. The fourth-order valence-corrected chi connectivity index (χ4v) is 2.63. The SMILES string of the molecule is Cn1cccc1CCC(=O)NCCOc1cccc2cccnc12. The first-order valence-corrected chi connectivity index (χ1v) is 8.07. The summed E-state index contributed by atoms with van der Waals surface area (Å²) in [5, 5.41) is 3.93. The Hall–Kier alpha value is -2.82. The summed E-state index contributed by atoms with van der Waals surface area (Å²) in [5.41, 5.74) is 2.00. The van der Waals surface area contributed by atoms with Crippen molar-refractivity contribution in [3.8, 4) is 5.75 Å². The summed E-state index contributed by atoms with van der Waals surface area (Å²) in [4.78, 5) is 16.2. The summed E-state index contributed by atoms with van der Waals surface area (Å²) in [7, 11) is 1.99. The van der Waals surface area contributed by atoms with Crippen LogP contribution < -0.4 is 10.1 Å². The summed E-state index contributed by atoms with van der Waals surface area (Å²) in [6.45, 7) is 0.904. The lowest BCUT2D eigenvalue weighted by Gasteiger charge is -2.09. The van der Waals surface area contributed by atoms with Crippen LogP contribution >= 0.6 is 0 Å². The summed E-state index contributed by atoms with van der Waals surface area (Å²) < 4.78 is 7.79. The van der Waals surface area contributed by atoms with Crippen LogP contribution in [0.3, 0.4) is 0 Å². The van der Waals surface area contributed by atoms with Crippen molar-refractivity contribution in [1.29, 1.82) is 0 Å². The molecule has 1 amide bonds. The van der Waals surface area contributed by atoms with Gasteiger partial charge in [-0.3, -0.25) is 9.78 Å². The van der Waals surface area contributed by atoms with Crippen LogP contribution in [-0.2, 0) is 18.3 Å². The van der Waals surface area contributed by atoms with Crippen LogP contribution in [0.4, 0.5) is 0 Å². The topological polar surface area (TPSA) is 56.2 Å². The Balaban J connectivity index is 1.43. The minimum absolute atomic E-state index is 0.0378. The third kappa shape index (κ3) is 3.93. The van der Waals surface area contributed by atoms with E-state index in [-0.39, 0.29) is 5.91 Å². The number of amides is 1. The first-order valence-electron chi connectivity index (χ1n) is 8.07. The number of rotatable bonds is 7. The highest BCUT2D eigenvalue weighted by atomic mass is 16.5. The number of benzene rings is 1. The van der Waals surface area contributed by atoms with Crippen LogP contribution in [0.15, 0.2) is 54.9 Å². The molecule has 0 aliphatic rings. The number of hydrogen-bond acceptors (Lipinski definition) is 3. The largest absolute Gasteiger partial charge is 0.489 e. The van der Waals surface area contributed by atoms with Gasteiger partial charge in [0, 0.05) is 36.9 Å². The number of aryl methyl sites for hydroxylation is 2. The number of ether oxygens (including phenoxy) is 1. The van der Waals surface area contributed by atoms with Crippen molar-refractivity contribution in [3.63, 3.8) is 0 Å². The zero-order chi connectivity index (χ0) is 16.8. The molecule has 0 unspecified atom stereocenters. The Morgan fingerprint density at radius 1 is 1.21 bits per heavy atom. The van der Waals surface area contributed by atoms with Gasteiger partial charge in [0.2, 0.25) is 5.91 Å². The van der Waals surface area contributed by atoms with Gasteiger partial charge in [0.05, 0.1) is 6.54 Å². The number of carbonyl (C=O) groups excluding carboxylic acids is 1. The van der Waals surface area contributed by atoms with E-state index in [2.05, 4.69) is 10.3 Å². The van der Waals surface area contributed by atoms with Gasteiger partial charge in [-0.15, -0.1) is 0 Å². The molecule has 124 valence electrons. The molecule has 5 nitrogen and oxygen atoms in total. The maximum absolute atomic E-state index is 11.9. The van der Waals surface area contributed by atoms with Crippen molar-refractivity contribution >= 4 is 16.8 Å². The van der Waals surface area contributed by atoms with Gasteiger partial charge < -0.3 is 14.6 Å². The molecular formula is C19H21N3O2. The molecule has 1 aromatic carbocycles. The Labute approximate surface area is 141 Å². The number of para-hydroxylation sites is 1. The fraction of sp³-hybridized carbons (Fsp3) is 0.263. The van der Waals surface area contributed by atoms with E-state index in [1.807, 2.05) is 60.3 Å². The average molecular weight is 323 g/mol. The van der Waals surface area contributed by atoms with Crippen molar-refractivity contribution in [3.05, 3.63) is 60.6 Å². The number of nitrogens with zero attached hydrogens (tertiary/aromatic N) is 2. The van der Waals surface area contributed by atoms with E-state index in [4.69, 9.17) is 4.74 Å². The molecule has 0 fully saturated rings. The van der Waals surface area contributed by atoms with Crippen molar-refractivity contribution in [1.82, 2.24) is 14.9 Å². The van der Waals surface area contributed by atoms with E-state index < -0.39 is 0 Å². The molecular weight excluding hydrogens is 302 g/mol. The average Bonchev–Trinajstić information content (AvgIpc) is 3.02. The second kappa shape index (κ2) is 7.64. The number of carbonyl (C=O) groups is 1. The standard InChI is InChI=1S/C19H21N3O2/c1-22-13-4-7-16(22)9-10-18(23)20-12-14-24-17-8-2-5-15-6-3-11-21-19(15)17/h2-8,11,13H,9-10,12,14H2,1H3,(H,20,23). The summed E-state index contributed by atoms with van der Waals surface area (Å²) in [6, 6.07) is 13.8. The van der Waals surface area contributed by atoms with Crippen LogP contribution in [0.1, 0.15) is 12.1 Å². The molecule has 0 spiro atoms. The van der Waals surface area contributed by atoms with Crippen LogP contribution in [0.5, 0.6) is 5.75 Å². The first kappa shape index (κ1) is 16.1. The number of fused-ring (bicyclic) bond motifs is 1.